The topological polar surface area (TPSA) is 71.1 Å². The Hall–Kier alpha value is -3.02. The van der Waals surface area contributed by atoms with Crippen molar-refractivity contribution in [2.75, 3.05) is 20.8 Å². The molecule has 2 aromatic carbocycles. The van der Waals surface area contributed by atoms with Crippen LogP contribution in [0.1, 0.15) is 47.4 Å². The van der Waals surface area contributed by atoms with Crippen LogP contribution in [0, 0.1) is 5.92 Å². The predicted octanol–water partition coefficient (Wildman–Crippen LogP) is 4.52. The molecule has 6 heteroatoms. The zero-order valence-electron chi connectivity index (χ0n) is 16.7. The van der Waals surface area contributed by atoms with E-state index in [0.717, 1.165) is 12.8 Å². The van der Waals surface area contributed by atoms with Crippen LogP contribution >= 0.6 is 0 Å². The smallest absolute Gasteiger partial charge is 0.343 e. The third-order valence-electron chi connectivity index (χ3n) is 4.09. The van der Waals surface area contributed by atoms with Gasteiger partial charge in [-0.25, -0.2) is 9.59 Å². The third kappa shape index (κ3) is 5.74. The van der Waals surface area contributed by atoms with E-state index in [0.29, 0.717) is 35.2 Å². The number of carbonyl (C=O) groups is 2. The number of carbonyl (C=O) groups excluding carboxylic acids is 2. The van der Waals surface area contributed by atoms with Gasteiger partial charge >= 0.3 is 11.9 Å². The normalized spacial score (nSPS) is 10.5. The molecule has 0 unspecified atom stereocenters. The van der Waals surface area contributed by atoms with Crippen molar-refractivity contribution < 1.29 is 28.5 Å². The van der Waals surface area contributed by atoms with Gasteiger partial charge in [-0.15, -0.1) is 0 Å². The second kappa shape index (κ2) is 10.3. The maximum absolute atomic E-state index is 12.5. The van der Waals surface area contributed by atoms with Crippen LogP contribution in [0.3, 0.4) is 0 Å². The minimum absolute atomic E-state index is 0.200. The highest BCUT2D eigenvalue weighted by Crippen LogP contribution is 2.37. The highest BCUT2D eigenvalue weighted by atomic mass is 16.6. The molecule has 2 rings (SSSR count). The summed E-state index contributed by atoms with van der Waals surface area (Å²) in [5, 5.41) is 0. The lowest BCUT2D eigenvalue weighted by Gasteiger charge is -2.13. The molecule has 0 atom stereocenters. The molecule has 6 nitrogen and oxygen atoms in total. The highest BCUT2D eigenvalue weighted by molar-refractivity contribution is 5.94. The zero-order valence-corrected chi connectivity index (χ0v) is 16.7. The number of hydrogen-bond donors (Lipinski definition) is 0. The molecule has 0 N–H and O–H groups in total. The average Bonchev–Trinajstić information content (AvgIpc) is 2.71. The number of benzene rings is 2. The van der Waals surface area contributed by atoms with E-state index in [1.807, 2.05) is 0 Å². The van der Waals surface area contributed by atoms with E-state index in [1.54, 1.807) is 30.3 Å². The van der Waals surface area contributed by atoms with Gasteiger partial charge in [0.1, 0.15) is 0 Å². The summed E-state index contributed by atoms with van der Waals surface area (Å²) in [7, 11) is 2.96. The first-order valence-corrected chi connectivity index (χ1v) is 9.16. The first-order valence-electron chi connectivity index (χ1n) is 9.16. The molecule has 0 bridgehead atoms. The van der Waals surface area contributed by atoms with Crippen LogP contribution in [0.25, 0.3) is 0 Å². The Morgan fingerprint density at radius 2 is 1.39 bits per heavy atom. The molecular formula is C22H26O6. The SMILES string of the molecule is COc1cccc(OC)c1OC(=O)c1ccc(C(=O)OCCCC(C)C)cc1. The summed E-state index contributed by atoms with van der Waals surface area (Å²) in [6.45, 7) is 4.63. The van der Waals surface area contributed by atoms with Crippen LogP contribution in [-0.2, 0) is 4.74 Å². The summed E-state index contributed by atoms with van der Waals surface area (Å²) in [6.07, 6.45) is 1.83. The molecule has 0 heterocycles. The second-order valence-corrected chi connectivity index (χ2v) is 6.63. The van der Waals surface area contributed by atoms with Gasteiger partial charge in [0.2, 0.25) is 5.75 Å². The van der Waals surface area contributed by atoms with Gasteiger partial charge in [0.05, 0.1) is 32.0 Å². The van der Waals surface area contributed by atoms with Crippen molar-refractivity contribution in [1.82, 2.24) is 0 Å². The Labute approximate surface area is 165 Å². The van der Waals surface area contributed by atoms with E-state index < -0.39 is 11.9 Å². The molecule has 2 aromatic rings. The molecule has 0 aliphatic rings. The fourth-order valence-corrected chi connectivity index (χ4v) is 2.55. The first kappa shape index (κ1) is 21.3. The Morgan fingerprint density at radius 3 is 1.89 bits per heavy atom. The number of esters is 2. The highest BCUT2D eigenvalue weighted by Gasteiger charge is 2.17. The van der Waals surface area contributed by atoms with Crippen LogP contribution in [0.2, 0.25) is 0 Å². The molecule has 0 radical (unpaired) electrons. The van der Waals surface area contributed by atoms with Gasteiger partial charge in [-0.2, -0.15) is 0 Å². The standard InChI is InChI=1S/C22H26O6/c1-15(2)7-6-14-27-21(23)16-10-12-17(13-11-16)22(24)28-20-18(25-3)8-5-9-19(20)26-4/h5,8-13,15H,6-7,14H2,1-4H3. The van der Waals surface area contributed by atoms with Gasteiger partial charge in [-0.05, 0) is 55.2 Å². The van der Waals surface area contributed by atoms with Crippen molar-refractivity contribution in [3.63, 3.8) is 0 Å². The van der Waals surface area contributed by atoms with Gasteiger partial charge in [0.25, 0.3) is 0 Å². The number of para-hydroxylation sites is 1. The minimum atomic E-state index is -0.584. The quantitative estimate of drug-likeness (QED) is 0.359. The van der Waals surface area contributed by atoms with E-state index in [1.165, 1.54) is 26.4 Å². The van der Waals surface area contributed by atoms with Crippen LogP contribution in [0.4, 0.5) is 0 Å². The van der Waals surface area contributed by atoms with Crippen LogP contribution < -0.4 is 14.2 Å². The van der Waals surface area contributed by atoms with Crippen molar-refractivity contribution in [3.8, 4) is 17.2 Å². The minimum Gasteiger partial charge on any atom is -0.493 e. The monoisotopic (exact) mass is 386 g/mol. The Balaban J connectivity index is 2.02. The molecule has 0 aromatic heterocycles. The zero-order chi connectivity index (χ0) is 20.5. The number of ether oxygens (including phenoxy) is 4. The van der Waals surface area contributed by atoms with E-state index in [4.69, 9.17) is 18.9 Å². The number of hydrogen-bond acceptors (Lipinski definition) is 6. The fraction of sp³-hybridized carbons (Fsp3) is 0.364. The molecular weight excluding hydrogens is 360 g/mol. The van der Waals surface area contributed by atoms with Crippen molar-refractivity contribution in [3.05, 3.63) is 53.6 Å². The average molecular weight is 386 g/mol. The first-order chi connectivity index (χ1) is 13.5. The Kier molecular flexibility index (Phi) is 7.87. The number of methoxy groups -OCH3 is 2. The van der Waals surface area contributed by atoms with E-state index in [9.17, 15) is 9.59 Å². The third-order valence-corrected chi connectivity index (χ3v) is 4.09. The molecule has 28 heavy (non-hydrogen) atoms. The summed E-state index contributed by atoms with van der Waals surface area (Å²) in [5.41, 5.74) is 0.681. The Bertz CT molecular complexity index is 773. The van der Waals surface area contributed by atoms with Crippen molar-refractivity contribution in [2.45, 2.75) is 26.7 Å². The van der Waals surface area contributed by atoms with Gasteiger partial charge in [0, 0.05) is 0 Å². The van der Waals surface area contributed by atoms with Gasteiger partial charge < -0.3 is 18.9 Å². The lowest BCUT2D eigenvalue weighted by atomic mass is 10.1. The summed E-state index contributed by atoms with van der Waals surface area (Å²) >= 11 is 0. The molecule has 0 spiro atoms. The lowest BCUT2D eigenvalue weighted by molar-refractivity contribution is 0.0494. The van der Waals surface area contributed by atoms with Gasteiger partial charge in [-0.1, -0.05) is 19.9 Å². The molecule has 0 fully saturated rings. The lowest BCUT2D eigenvalue weighted by Crippen LogP contribution is -2.11. The maximum Gasteiger partial charge on any atom is 0.343 e. The number of rotatable bonds is 9. The van der Waals surface area contributed by atoms with Crippen molar-refractivity contribution in [1.29, 1.82) is 0 Å². The van der Waals surface area contributed by atoms with Crippen molar-refractivity contribution in [2.24, 2.45) is 5.92 Å². The Morgan fingerprint density at radius 1 is 0.857 bits per heavy atom. The van der Waals surface area contributed by atoms with Gasteiger partial charge in [-0.3, -0.25) is 0 Å². The molecule has 0 amide bonds. The predicted molar refractivity (Wildman–Crippen MR) is 105 cm³/mol. The summed E-state index contributed by atoms with van der Waals surface area (Å²) in [6, 6.07) is 11.2. The van der Waals surface area contributed by atoms with Crippen LogP contribution in [0.15, 0.2) is 42.5 Å². The molecule has 0 aliphatic heterocycles. The van der Waals surface area contributed by atoms with Gasteiger partial charge in [0.15, 0.2) is 11.5 Å². The molecule has 0 aliphatic carbocycles. The van der Waals surface area contributed by atoms with Crippen LogP contribution in [0.5, 0.6) is 17.2 Å². The van der Waals surface area contributed by atoms with Crippen molar-refractivity contribution >= 4 is 11.9 Å². The fourth-order valence-electron chi connectivity index (χ4n) is 2.55. The largest absolute Gasteiger partial charge is 0.493 e. The maximum atomic E-state index is 12.5. The van der Waals surface area contributed by atoms with E-state index >= 15 is 0 Å². The summed E-state index contributed by atoms with van der Waals surface area (Å²) < 4.78 is 21.1. The van der Waals surface area contributed by atoms with E-state index in [-0.39, 0.29) is 5.75 Å². The van der Waals surface area contributed by atoms with E-state index in [2.05, 4.69) is 13.8 Å². The molecule has 150 valence electrons. The summed E-state index contributed by atoms with van der Waals surface area (Å²) in [4.78, 5) is 24.5. The van der Waals surface area contributed by atoms with Crippen LogP contribution in [-0.4, -0.2) is 32.8 Å². The molecule has 0 saturated carbocycles. The molecule has 0 saturated heterocycles. The second-order valence-electron chi connectivity index (χ2n) is 6.63. The summed E-state index contributed by atoms with van der Waals surface area (Å²) in [5.74, 6) is 0.551.